The Morgan fingerprint density at radius 3 is 0.765 bits per heavy atom. The maximum Gasteiger partial charge on any atom is 0.346 e. The van der Waals surface area contributed by atoms with E-state index in [-0.39, 0.29) is 5.57 Å². The third-order valence-corrected chi connectivity index (χ3v) is 18.0. The summed E-state index contributed by atoms with van der Waals surface area (Å²) in [4.78, 5) is 31.6. The second kappa shape index (κ2) is 43.6. The van der Waals surface area contributed by atoms with Crippen LogP contribution in [0.25, 0.3) is 5.57 Å². The first-order valence-corrected chi connectivity index (χ1v) is 35.0. The topological polar surface area (TPSA) is 69.4 Å². The first-order chi connectivity index (χ1) is 48.9. The fraction of sp³-hybridized carbons (Fsp3) is 0.493. The number of hydrogen-bond acceptors (Lipinski definition) is 5. The summed E-state index contributed by atoms with van der Waals surface area (Å²) in [5, 5.41) is 0. The number of nitrogens with zero attached hydrogens (tertiary/aromatic N) is 2. The molecule has 1 heterocycles. The Morgan fingerprint density at radius 1 is 0.314 bits per heavy atom. The van der Waals surface area contributed by atoms with Crippen LogP contribution in [-0.2, 0) is 25.6 Å². The van der Waals surface area contributed by atoms with Gasteiger partial charge < -0.3 is 9.47 Å². The molecule has 0 amide bonds. The molecule has 0 N–H and O–H groups in total. The molecular formula is C75H85BF20N2O4. The van der Waals surface area contributed by atoms with E-state index < -0.39 is 156 Å². The molecular weight excluding hydrogens is 1380 g/mol. The predicted octanol–water partition coefficient (Wildman–Crippen LogP) is 20.3. The lowest BCUT2D eigenvalue weighted by Crippen LogP contribution is -2.81. The fourth-order valence-corrected chi connectivity index (χ4v) is 12.6. The Kier molecular flexibility index (Phi) is 36.4. The fourth-order valence-electron chi connectivity index (χ4n) is 12.6. The smallest absolute Gasteiger partial charge is 0.346 e. The van der Waals surface area contributed by atoms with Crippen LogP contribution in [0.4, 0.5) is 87.8 Å². The second-order valence-corrected chi connectivity index (χ2v) is 25.3. The zero-order chi connectivity index (χ0) is 75.1. The van der Waals surface area contributed by atoms with Crippen LogP contribution in [0.2, 0.25) is 0 Å². The Balaban J connectivity index is 0.000000376. The number of aromatic nitrogens is 2. The molecule has 5 aromatic carbocycles. The number of esters is 2. The summed E-state index contributed by atoms with van der Waals surface area (Å²) in [6.45, 7) is 5.49. The zero-order valence-corrected chi connectivity index (χ0v) is 57.1. The number of ether oxygens (including phenoxy) is 2. The van der Waals surface area contributed by atoms with Crippen LogP contribution in [0.15, 0.2) is 60.7 Å². The number of benzene rings is 5. The van der Waals surface area contributed by atoms with E-state index >= 15 is 35.1 Å². The Hall–Kier alpha value is -7.48. The van der Waals surface area contributed by atoms with Crippen LogP contribution < -0.4 is 26.4 Å². The van der Waals surface area contributed by atoms with Gasteiger partial charge in [-0.1, -0.05) is 237 Å². The molecule has 1 aromatic heterocycles. The minimum Gasteiger partial charge on any atom is -0.462 e. The number of carbonyl (C=O) groups excluding carboxylic acids is 2. The number of hydrogen-bond donors (Lipinski definition) is 0. The zero-order valence-electron chi connectivity index (χ0n) is 57.1. The molecule has 0 fully saturated rings. The molecule has 0 radical (unpaired) electrons. The van der Waals surface area contributed by atoms with Crippen molar-refractivity contribution in [3.63, 3.8) is 0 Å². The van der Waals surface area contributed by atoms with E-state index in [4.69, 9.17) is 9.47 Å². The van der Waals surface area contributed by atoms with Gasteiger partial charge in [0, 0.05) is 5.57 Å². The number of allylic oxidation sites excluding steroid dienone is 1. The molecule has 6 aromatic rings. The normalized spacial score (nSPS) is 11.5. The van der Waals surface area contributed by atoms with Gasteiger partial charge in [0.05, 0.1) is 25.6 Å². The quantitative estimate of drug-likeness (QED) is 0.00365. The van der Waals surface area contributed by atoms with Crippen molar-refractivity contribution in [3.05, 3.63) is 183 Å². The molecule has 0 aliphatic heterocycles. The molecule has 0 bridgehead atoms. The summed E-state index contributed by atoms with van der Waals surface area (Å²) in [5.41, 5.74) is -12.9. The summed E-state index contributed by atoms with van der Waals surface area (Å²) in [5.74, 6) is -72.6. The molecule has 0 spiro atoms. The monoisotopic (exact) mass is 1470 g/mol. The maximum absolute atomic E-state index is 15.4. The van der Waals surface area contributed by atoms with E-state index in [1.165, 1.54) is 167 Å². The van der Waals surface area contributed by atoms with Gasteiger partial charge in [0.2, 0.25) is 0 Å². The van der Waals surface area contributed by atoms with Gasteiger partial charge in [0.25, 0.3) is 0 Å². The number of carbonyl (C=O) groups is 2. The van der Waals surface area contributed by atoms with Crippen LogP contribution in [0.5, 0.6) is 0 Å². The summed E-state index contributed by atoms with van der Waals surface area (Å²) >= 11 is 0. The van der Waals surface area contributed by atoms with Crippen LogP contribution in [0, 0.1) is 116 Å². The molecule has 0 aliphatic rings. The van der Waals surface area contributed by atoms with Gasteiger partial charge in [-0.25, -0.2) is 97.4 Å². The molecule has 102 heavy (non-hydrogen) atoms. The van der Waals surface area contributed by atoms with Crippen molar-refractivity contribution in [2.75, 3.05) is 13.2 Å². The van der Waals surface area contributed by atoms with Crippen LogP contribution in [0.1, 0.15) is 225 Å². The molecule has 0 unspecified atom stereocenters. The van der Waals surface area contributed by atoms with E-state index in [1.807, 2.05) is 47.3 Å². The third kappa shape index (κ3) is 22.3. The van der Waals surface area contributed by atoms with E-state index in [9.17, 15) is 62.3 Å². The minimum atomic E-state index is -7.22. The minimum absolute atomic E-state index is 0.00139. The predicted molar refractivity (Wildman–Crippen MR) is 348 cm³/mol. The molecule has 0 saturated heterocycles. The van der Waals surface area contributed by atoms with E-state index in [1.54, 1.807) is 12.4 Å². The summed E-state index contributed by atoms with van der Waals surface area (Å²) in [7, 11) is 0. The molecule has 0 aliphatic carbocycles. The summed E-state index contributed by atoms with van der Waals surface area (Å²) < 4.78 is 307. The highest BCUT2D eigenvalue weighted by molar-refractivity contribution is 7.20. The largest absolute Gasteiger partial charge is 0.462 e. The highest BCUT2D eigenvalue weighted by Crippen LogP contribution is 2.32. The average molecular weight is 1470 g/mol. The Morgan fingerprint density at radius 2 is 0.529 bits per heavy atom. The molecule has 0 saturated carbocycles. The number of rotatable bonds is 43. The van der Waals surface area contributed by atoms with Gasteiger partial charge in [-0.15, -0.1) is 21.9 Å². The molecule has 6 rings (SSSR count). The van der Waals surface area contributed by atoms with Crippen molar-refractivity contribution in [1.29, 1.82) is 0 Å². The first-order valence-electron chi connectivity index (χ1n) is 35.0. The van der Waals surface area contributed by atoms with Crippen molar-refractivity contribution in [2.45, 2.75) is 226 Å². The standard InChI is InChI=1S/C51H85N2O4.C24BF20/c1-3-5-7-9-11-13-15-17-19-21-23-25-27-29-31-36-44-56-50(54)49(48(47-38-34-33-35-39-47)46-53-42-40-52-41-43-53)51(55)57-45-37-32-30-28-26-24-22-20-18-16-14-12-10-8-6-4-2;26-5-1(6(27)14(35)21(42)13(5)34)25(2-7(28)15(36)22(43)16(37)8(2)29,3-9(30)17(38)23(44)18(39)10(3)31)4-11(32)19(40)24(45)20(41)12(4)33/h33-35,38-43H,3-32,36-37,44-46H2,1-2H3;/q+1;-1. The third-order valence-electron chi connectivity index (χ3n) is 18.0. The van der Waals surface area contributed by atoms with E-state index in [2.05, 4.69) is 18.8 Å². The highest BCUT2D eigenvalue weighted by atomic mass is 19.2. The SMILES string of the molecule is CCCCCCCCCCCCCCCCCCOC(=O)C(C(=O)OCCCCCCCCCCCCCCCCCC)=C(C[n+]1ccncc1)c1ccccc1.Fc1c(F)c(F)c([B-](c2c(F)c(F)c(F)c(F)c2F)(c2c(F)c(F)c(F)c(F)c2F)c2c(F)c(F)c(F)c(F)c2F)c(F)c1F. The average Bonchev–Trinajstić information content (AvgIpc) is 0.682. The van der Waals surface area contributed by atoms with Crippen molar-refractivity contribution < 1.29 is 111 Å². The maximum atomic E-state index is 15.4. The van der Waals surface area contributed by atoms with Crippen LogP contribution in [0.3, 0.4) is 0 Å². The molecule has 27 heteroatoms. The first kappa shape index (κ1) is 85.2. The lowest BCUT2D eigenvalue weighted by Gasteiger charge is -2.44. The lowest BCUT2D eigenvalue weighted by molar-refractivity contribution is -0.684. The van der Waals surface area contributed by atoms with Crippen molar-refractivity contribution in [1.82, 2.24) is 4.98 Å². The Bertz CT molecular complexity index is 3260. The number of halogens is 20. The van der Waals surface area contributed by atoms with Gasteiger partial charge in [-0.3, -0.25) is 4.98 Å². The van der Waals surface area contributed by atoms with Crippen molar-refractivity contribution in [3.8, 4) is 0 Å². The second-order valence-electron chi connectivity index (χ2n) is 25.3. The molecule has 6 nitrogen and oxygen atoms in total. The summed E-state index contributed by atoms with van der Waals surface area (Å²) in [6.07, 6.45) is 41.1. The van der Waals surface area contributed by atoms with Gasteiger partial charge >= 0.3 is 11.9 Å². The van der Waals surface area contributed by atoms with Crippen LogP contribution in [-0.4, -0.2) is 36.3 Å². The van der Waals surface area contributed by atoms with Gasteiger partial charge in [-0.05, 0) is 18.4 Å². The van der Waals surface area contributed by atoms with Crippen molar-refractivity contribution >= 4 is 45.5 Å². The number of unbranched alkanes of at least 4 members (excludes halogenated alkanes) is 30. The van der Waals surface area contributed by atoms with Crippen molar-refractivity contribution in [2.24, 2.45) is 0 Å². The van der Waals surface area contributed by atoms with Crippen LogP contribution >= 0.6 is 0 Å². The summed E-state index contributed by atoms with van der Waals surface area (Å²) in [6, 6.07) is 9.65. The van der Waals surface area contributed by atoms with E-state index in [0.29, 0.717) is 25.3 Å². The van der Waals surface area contributed by atoms with Gasteiger partial charge in [0.1, 0.15) is 52.7 Å². The van der Waals surface area contributed by atoms with Gasteiger partial charge in [0.15, 0.2) is 94.3 Å². The molecule has 562 valence electrons. The Labute approximate surface area is 581 Å². The van der Waals surface area contributed by atoms with E-state index in [0.717, 1.165) is 44.1 Å². The van der Waals surface area contributed by atoms with Gasteiger partial charge in [-0.2, -0.15) is 4.57 Å². The molecule has 0 atom stereocenters. The lowest BCUT2D eigenvalue weighted by atomic mass is 9.12. The highest BCUT2D eigenvalue weighted by Gasteiger charge is 2.52.